The highest BCUT2D eigenvalue weighted by atomic mass is 127. The average Bonchev–Trinajstić information content (AvgIpc) is 2.88. The number of guanidine groups is 1. The maximum absolute atomic E-state index is 4.86. The molecule has 2 N–H and O–H groups in total. The standard InChI is InChI=1S/C21H41N7.HI/c1-8-22-21(23-14-16(2)15-28-11-9-26(6)10-12-28)24-17(3)13-20-18(4)25-27(7)19(20)5;/h16-17H,8-15H2,1-7H3,(H2,22,23,24);1H. The quantitative estimate of drug-likeness (QED) is 0.313. The highest BCUT2D eigenvalue weighted by molar-refractivity contribution is 14.0. The largest absolute Gasteiger partial charge is 0.357 e. The van der Waals surface area contributed by atoms with Gasteiger partial charge in [0.25, 0.3) is 0 Å². The Kier molecular flexibility index (Phi) is 11.5. The normalized spacial score (nSPS) is 18.2. The number of hydrogen-bond acceptors (Lipinski definition) is 4. The maximum Gasteiger partial charge on any atom is 0.191 e. The van der Waals surface area contributed by atoms with Crippen molar-refractivity contribution in [1.82, 2.24) is 30.2 Å². The summed E-state index contributed by atoms with van der Waals surface area (Å²) in [6.45, 7) is 18.4. The summed E-state index contributed by atoms with van der Waals surface area (Å²) in [5.41, 5.74) is 3.70. The summed E-state index contributed by atoms with van der Waals surface area (Å²) in [6.07, 6.45) is 0.951. The number of aromatic nitrogens is 2. The fourth-order valence-corrected chi connectivity index (χ4v) is 3.80. The zero-order valence-electron chi connectivity index (χ0n) is 19.5. The lowest BCUT2D eigenvalue weighted by Gasteiger charge is -2.33. The van der Waals surface area contributed by atoms with Crippen molar-refractivity contribution in [2.45, 2.75) is 47.1 Å². The van der Waals surface area contributed by atoms with Crippen LogP contribution in [-0.2, 0) is 13.5 Å². The van der Waals surface area contributed by atoms with Crippen LogP contribution in [0.5, 0.6) is 0 Å². The molecule has 0 aromatic carbocycles. The van der Waals surface area contributed by atoms with Gasteiger partial charge in [0.05, 0.1) is 5.69 Å². The van der Waals surface area contributed by atoms with Gasteiger partial charge in [0.15, 0.2) is 5.96 Å². The first kappa shape index (κ1) is 26.2. The Labute approximate surface area is 194 Å². The first-order valence-corrected chi connectivity index (χ1v) is 10.7. The van der Waals surface area contributed by atoms with E-state index in [0.717, 1.165) is 37.7 Å². The van der Waals surface area contributed by atoms with Crippen molar-refractivity contribution in [3.63, 3.8) is 0 Å². The van der Waals surface area contributed by atoms with Gasteiger partial charge in [-0.15, -0.1) is 24.0 Å². The minimum absolute atomic E-state index is 0. The summed E-state index contributed by atoms with van der Waals surface area (Å²) in [5.74, 6) is 1.47. The van der Waals surface area contributed by atoms with Gasteiger partial charge in [-0.3, -0.25) is 9.67 Å². The van der Waals surface area contributed by atoms with Gasteiger partial charge in [0.1, 0.15) is 0 Å². The summed E-state index contributed by atoms with van der Waals surface area (Å²) < 4.78 is 1.97. The molecule has 2 unspecified atom stereocenters. The van der Waals surface area contributed by atoms with Crippen molar-refractivity contribution in [3.05, 3.63) is 17.0 Å². The first-order chi connectivity index (χ1) is 13.3. The molecular weight excluding hydrogens is 477 g/mol. The van der Waals surface area contributed by atoms with Gasteiger partial charge in [-0.05, 0) is 52.6 Å². The molecule has 0 amide bonds. The summed E-state index contributed by atoms with van der Waals surface area (Å²) in [7, 11) is 4.21. The molecule has 8 heteroatoms. The Morgan fingerprint density at radius 1 is 1.14 bits per heavy atom. The van der Waals surface area contributed by atoms with E-state index in [-0.39, 0.29) is 24.0 Å². The molecule has 1 fully saturated rings. The Morgan fingerprint density at radius 3 is 2.34 bits per heavy atom. The Morgan fingerprint density at radius 2 is 1.79 bits per heavy atom. The summed E-state index contributed by atoms with van der Waals surface area (Å²) in [4.78, 5) is 9.83. The van der Waals surface area contributed by atoms with Crippen LogP contribution >= 0.6 is 24.0 Å². The minimum atomic E-state index is 0. The molecule has 1 saturated heterocycles. The molecule has 2 rings (SSSR count). The second-order valence-corrected chi connectivity index (χ2v) is 8.45. The third kappa shape index (κ3) is 8.41. The number of rotatable bonds is 8. The number of likely N-dealkylation sites (N-methyl/N-ethyl adjacent to an activating group) is 1. The Hall–Kier alpha value is -0.870. The fourth-order valence-electron chi connectivity index (χ4n) is 3.80. The number of aryl methyl sites for hydroxylation is 2. The molecule has 0 saturated carbocycles. The summed E-state index contributed by atoms with van der Waals surface area (Å²) in [5, 5.41) is 11.5. The maximum atomic E-state index is 4.86. The molecule has 2 atom stereocenters. The number of nitrogens with zero attached hydrogens (tertiary/aromatic N) is 5. The third-order valence-corrected chi connectivity index (χ3v) is 5.62. The highest BCUT2D eigenvalue weighted by Crippen LogP contribution is 2.14. The highest BCUT2D eigenvalue weighted by Gasteiger charge is 2.17. The number of aliphatic imine (C=N–C) groups is 1. The van der Waals surface area contributed by atoms with Crippen molar-refractivity contribution < 1.29 is 0 Å². The second-order valence-electron chi connectivity index (χ2n) is 8.45. The van der Waals surface area contributed by atoms with Gasteiger partial charge >= 0.3 is 0 Å². The van der Waals surface area contributed by atoms with E-state index in [2.05, 4.69) is 67.2 Å². The van der Waals surface area contributed by atoms with E-state index in [0.29, 0.717) is 12.0 Å². The third-order valence-electron chi connectivity index (χ3n) is 5.62. The van der Waals surface area contributed by atoms with E-state index < -0.39 is 0 Å². The van der Waals surface area contributed by atoms with E-state index in [4.69, 9.17) is 4.99 Å². The van der Waals surface area contributed by atoms with Crippen LogP contribution in [0.4, 0.5) is 0 Å². The van der Waals surface area contributed by atoms with Crippen LogP contribution in [0.3, 0.4) is 0 Å². The van der Waals surface area contributed by atoms with Crippen molar-refractivity contribution in [1.29, 1.82) is 0 Å². The molecule has 168 valence electrons. The van der Waals surface area contributed by atoms with Crippen LogP contribution in [0.25, 0.3) is 0 Å². The topological polar surface area (TPSA) is 60.7 Å². The first-order valence-electron chi connectivity index (χ1n) is 10.7. The van der Waals surface area contributed by atoms with E-state index in [1.54, 1.807) is 0 Å². The summed E-state index contributed by atoms with van der Waals surface area (Å²) >= 11 is 0. The van der Waals surface area contributed by atoms with Crippen molar-refractivity contribution in [2.75, 3.05) is 52.9 Å². The number of piperazine rings is 1. The van der Waals surface area contributed by atoms with Crippen LogP contribution in [0.15, 0.2) is 4.99 Å². The smallest absolute Gasteiger partial charge is 0.191 e. The van der Waals surface area contributed by atoms with Gasteiger partial charge in [-0.1, -0.05) is 6.92 Å². The predicted molar refractivity (Wildman–Crippen MR) is 133 cm³/mol. The van der Waals surface area contributed by atoms with Gasteiger partial charge in [0.2, 0.25) is 0 Å². The van der Waals surface area contributed by atoms with Crippen LogP contribution < -0.4 is 10.6 Å². The lowest BCUT2D eigenvalue weighted by molar-refractivity contribution is 0.140. The molecule has 0 spiro atoms. The lowest BCUT2D eigenvalue weighted by Crippen LogP contribution is -2.46. The van der Waals surface area contributed by atoms with Gasteiger partial charge in [0, 0.05) is 64.6 Å². The van der Waals surface area contributed by atoms with Crippen molar-refractivity contribution >= 4 is 29.9 Å². The SMILES string of the molecule is CCNC(=NCC(C)CN1CCN(C)CC1)NC(C)Cc1c(C)nn(C)c1C.I. The molecule has 1 aromatic heterocycles. The number of nitrogens with one attached hydrogen (secondary N) is 2. The second kappa shape index (κ2) is 12.7. The average molecular weight is 520 g/mol. The minimum Gasteiger partial charge on any atom is -0.357 e. The summed E-state index contributed by atoms with van der Waals surface area (Å²) in [6, 6.07) is 0.298. The molecule has 1 aliphatic rings. The fraction of sp³-hybridized carbons (Fsp3) is 0.810. The molecule has 2 heterocycles. The van der Waals surface area contributed by atoms with Gasteiger partial charge in [-0.2, -0.15) is 5.10 Å². The molecule has 29 heavy (non-hydrogen) atoms. The number of hydrogen-bond donors (Lipinski definition) is 2. The Balaban J connectivity index is 0.00000420. The van der Waals surface area contributed by atoms with E-state index in [1.807, 2.05) is 11.7 Å². The van der Waals surface area contributed by atoms with Crippen LogP contribution in [0, 0.1) is 19.8 Å². The molecule has 0 radical (unpaired) electrons. The molecular formula is C21H42IN7. The van der Waals surface area contributed by atoms with E-state index in [1.165, 1.54) is 37.4 Å². The Bertz CT molecular complexity index is 635. The lowest BCUT2D eigenvalue weighted by atomic mass is 10.1. The van der Waals surface area contributed by atoms with Crippen LogP contribution in [0.2, 0.25) is 0 Å². The van der Waals surface area contributed by atoms with Crippen molar-refractivity contribution in [2.24, 2.45) is 18.0 Å². The van der Waals surface area contributed by atoms with Gasteiger partial charge in [-0.25, -0.2) is 0 Å². The zero-order chi connectivity index (χ0) is 20.7. The molecule has 0 aliphatic carbocycles. The predicted octanol–water partition coefficient (Wildman–Crippen LogP) is 2.02. The van der Waals surface area contributed by atoms with Crippen LogP contribution in [0.1, 0.15) is 37.7 Å². The van der Waals surface area contributed by atoms with Crippen molar-refractivity contribution in [3.8, 4) is 0 Å². The zero-order valence-corrected chi connectivity index (χ0v) is 21.8. The molecule has 1 aromatic rings. The van der Waals surface area contributed by atoms with Crippen LogP contribution in [-0.4, -0.2) is 84.4 Å². The van der Waals surface area contributed by atoms with E-state index in [9.17, 15) is 0 Å². The molecule has 1 aliphatic heterocycles. The molecule has 0 bridgehead atoms. The monoisotopic (exact) mass is 519 g/mol. The molecule has 7 nitrogen and oxygen atoms in total. The number of halogens is 1. The van der Waals surface area contributed by atoms with Gasteiger partial charge < -0.3 is 20.4 Å². The van der Waals surface area contributed by atoms with E-state index >= 15 is 0 Å².